The highest BCUT2D eigenvalue weighted by Crippen LogP contribution is 2.36. The monoisotopic (exact) mass is 808 g/mol. The van der Waals surface area contributed by atoms with Crippen molar-refractivity contribution >= 4 is 75.1 Å². The van der Waals surface area contributed by atoms with Crippen LogP contribution in [0.2, 0.25) is 0 Å². The Balaban J connectivity index is 1.17. The van der Waals surface area contributed by atoms with Crippen LogP contribution in [0.3, 0.4) is 0 Å². The average molecular weight is 809 g/mol. The van der Waals surface area contributed by atoms with Gasteiger partial charge in [-0.1, -0.05) is 97.1 Å². The van der Waals surface area contributed by atoms with Gasteiger partial charge < -0.3 is 26.0 Å². The molecule has 0 aliphatic rings. The molecule has 1 heterocycles. The first-order chi connectivity index (χ1) is 28.1. The van der Waals surface area contributed by atoms with Gasteiger partial charge in [0, 0.05) is 21.8 Å². The Morgan fingerprint density at radius 2 is 1.33 bits per heavy atom. The molecule has 6 aromatic rings. The summed E-state index contributed by atoms with van der Waals surface area (Å²) in [5.41, 5.74) is 4.74. The highest BCUT2D eigenvalue weighted by atomic mass is 32.2. The minimum Gasteiger partial charge on any atom is -0.462 e. The Morgan fingerprint density at radius 3 is 2.00 bits per heavy atom. The zero-order valence-electron chi connectivity index (χ0n) is 31.9. The molecule has 292 valence electrons. The van der Waals surface area contributed by atoms with Gasteiger partial charge in [0.1, 0.15) is 10.7 Å². The van der Waals surface area contributed by atoms with E-state index in [1.165, 1.54) is 11.8 Å². The van der Waals surface area contributed by atoms with Gasteiger partial charge in [-0.2, -0.15) is 0 Å². The predicted molar refractivity (Wildman–Crippen MR) is 232 cm³/mol. The lowest BCUT2D eigenvalue weighted by atomic mass is 10.0. The van der Waals surface area contributed by atoms with Crippen LogP contribution < -0.4 is 21.3 Å². The van der Waals surface area contributed by atoms with Gasteiger partial charge >= 0.3 is 5.97 Å². The molecule has 1 aromatic heterocycles. The SMILES string of the molecule is CCOC(=O)c1c(NC(=O)C(C)Sc2cccc(NC(=O)/C(=C\c3ccc(-c4ccccc4)cc3)NC(=O)c3ccccc3)c2)sc(C(=O)Nc2ccccc2)c1C. The fourth-order valence-corrected chi connectivity index (χ4v) is 7.82. The molecule has 0 saturated carbocycles. The predicted octanol–water partition coefficient (Wildman–Crippen LogP) is 9.68. The third-order valence-electron chi connectivity index (χ3n) is 8.73. The van der Waals surface area contributed by atoms with E-state index in [0.717, 1.165) is 22.5 Å². The van der Waals surface area contributed by atoms with E-state index >= 15 is 0 Å². The Kier molecular flexibility index (Phi) is 13.7. The van der Waals surface area contributed by atoms with Gasteiger partial charge in [-0.05, 0) is 91.6 Å². The summed E-state index contributed by atoms with van der Waals surface area (Å²) in [6.45, 7) is 5.15. The van der Waals surface area contributed by atoms with Crippen LogP contribution in [-0.2, 0) is 14.3 Å². The van der Waals surface area contributed by atoms with Crippen LogP contribution in [-0.4, -0.2) is 41.5 Å². The first-order valence-corrected chi connectivity index (χ1v) is 20.1. The van der Waals surface area contributed by atoms with E-state index in [1.54, 1.807) is 106 Å². The largest absolute Gasteiger partial charge is 0.462 e. The first-order valence-electron chi connectivity index (χ1n) is 18.4. The molecule has 0 radical (unpaired) electrons. The van der Waals surface area contributed by atoms with Crippen molar-refractivity contribution in [3.63, 3.8) is 0 Å². The number of para-hydroxylation sites is 1. The van der Waals surface area contributed by atoms with Crippen LogP contribution in [0.5, 0.6) is 0 Å². The van der Waals surface area contributed by atoms with Crippen molar-refractivity contribution in [2.45, 2.75) is 30.9 Å². The summed E-state index contributed by atoms with van der Waals surface area (Å²) in [5.74, 6) is -2.46. The number of thiophene rings is 1. The number of thioether (sulfide) groups is 1. The summed E-state index contributed by atoms with van der Waals surface area (Å²) in [4.78, 5) is 67.8. The molecule has 10 nitrogen and oxygen atoms in total. The lowest BCUT2D eigenvalue weighted by molar-refractivity contribution is -0.115. The number of hydrogen-bond donors (Lipinski definition) is 4. The van der Waals surface area contributed by atoms with Crippen LogP contribution in [0, 0.1) is 6.92 Å². The van der Waals surface area contributed by atoms with E-state index in [2.05, 4.69) is 21.3 Å². The molecule has 0 aliphatic carbocycles. The summed E-state index contributed by atoms with van der Waals surface area (Å²) < 4.78 is 5.28. The third-order valence-corrected chi connectivity index (χ3v) is 11.0. The molecular weight excluding hydrogens is 769 g/mol. The number of carbonyl (C=O) groups excluding carboxylic acids is 5. The molecule has 0 fully saturated rings. The number of nitrogens with one attached hydrogen (secondary N) is 4. The van der Waals surface area contributed by atoms with Gasteiger partial charge in [-0.15, -0.1) is 23.1 Å². The van der Waals surface area contributed by atoms with Gasteiger partial charge in [-0.25, -0.2) is 4.79 Å². The van der Waals surface area contributed by atoms with Crippen LogP contribution in [0.1, 0.15) is 55.4 Å². The fourth-order valence-electron chi connectivity index (χ4n) is 5.80. The molecule has 0 saturated heterocycles. The maximum absolute atomic E-state index is 13.8. The van der Waals surface area contributed by atoms with Gasteiger partial charge in [0.2, 0.25) is 5.91 Å². The summed E-state index contributed by atoms with van der Waals surface area (Å²) in [7, 11) is 0. The number of esters is 1. The molecule has 0 bridgehead atoms. The van der Waals surface area contributed by atoms with E-state index < -0.39 is 34.8 Å². The van der Waals surface area contributed by atoms with E-state index in [9.17, 15) is 24.0 Å². The topological polar surface area (TPSA) is 143 Å². The number of anilines is 3. The number of hydrogen-bond acceptors (Lipinski definition) is 8. The van der Waals surface area contributed by atoms with Crippen LogP contribution >= 0.6 is 23.1 Å². The van der Waals surface area contributed by atoms with Gasteiger partial charge in [-0.3, -0.25) is 19.2 Å². The number of benzene rings is 5. The summed E-state index contributed by atoms with van der Waals surface area (Å²) >= 11 is 2.23. The van der Waals surface area contributed by atoms with Crippen molar-refractivity contribution in [2.24, 2.45) is 0 Å². The highest BCUT2D eigenvalue weighted by Gasteiger charge is 2.28. The van der Waals surface area contributed by atoms with Crippen LogP contribution in [0.4, 0.5) is 16.4 Å². The molecule has 58 heavy (non-hydrogen) atoms. The Labute approximate surface area is 344 Å². The maximum Gasteiger partial charge on any atom is 0.341 e. The van der Waals surface area contributed by atoms with E-state index in [-0.39, 0.29) is 27.7 Å². The molecule has 0 aliphatic heterocycles. The minimum absolute atomic E-state index is 0.0348. The van der Waals surface area contributed by atoms with Crippen molar-refractivity contribution in [3.8, 4) is 11.1 Å². The van der Waals surface area contributed by atoms with Crippen molar-refractivity contribution in [2.75, 3.05) is 22.6 Å². The Hall–Kier alpha value is -6.76. The fraction of sp³-hybridized carbons (Fsp3) is 0.109. The second-order valence-electron chi connectivity index (χ2n) is 12.9. The van der Waals surface area contributed by atoms with Crippen LogP contribution in [0.15, 0.2) is 150 Å². The second kappa shape index (κ2) is 19.4. The van der Waals surface area contributed by atoms with Gasteiger partial charge in [0.15, 0.2) is 0 Å². The van der Waals surface area contributed by atoms with Gasteiger partial charge in [0.25, 0.3) is 17.7 Å². The van der Waals surface area contributed by atoms with E-state index in [1.807, 2.05) is 60.7 Å². The lowest BCUT2D eigenvalue weighted by Crippen LogP contribution is -2.30. The Morgan fingerprint density at radius 1 is 0.707 bits per heavy atom. The molecule has 1 atom stereocenters. The molecule has 0 spiro atoms. The maximum atomic E-state index is 13.8. The van der Waals surface area contributed by atoms with E-state index in [4.69, 9.17) is 4.74 Å². The summed E-state index contributed by atoms with van der Waals surface area (Å²) in [6.07, 6.45) is 1.61. The molecule has 6 rings (SSSR count). The van der Waals surface area contributed by atoms with Crippen molar-refractivity contribution in [1.29, 1.82) is 0 Å². The summed E-state index contributed by atoms with van der Waals surface area (Å²) in [5, 5.41) is 10.9. The van der Waals surface area contributed by atoms with Crippen molar-refractivity contribution in [3.05, 3.63) is 172 Å². The van der Waals surface area contributed by atoms with Crippen molar-refractivity contribution < 1.29 is 28.7 Å². The normalized spacial score (nSPS) is 11.5. The minimum atomic E-state index is -0.663. The number of carbonyl (C=O) groups is 5. The third kappa shape index (κ3) is 10.5. The zero-order valence-corrected chi connectivity index (χ0v) is 33.5. The molecule has 1 unspecified atom stereocenters. The number of rotatable bonds is 14. The quantitative estimate of drug-likeness (QED) is 0.0488. The summed E-state index contributed by atoms with van der Waals surface area (Å²) in [6, 6.07) is 42.1. The molecular formula is C46H40N4O6S2. The lowest BCUT2D eigenvalue weighted by Gasteiger charge is -2.14. The standard InChI is InChI=1S/C46H40N4O6S2/c1-4-56-46(55)39-29(2)40(44(54)47-35-19-12-7-13-20-35)58-45(39)50-41(51)30(3)57-37-22-14-21-36(28-37)48-43(53)38(49-42(52)34-17-10-6-11-18-34)27-31-23-25-33(26-24-31)32-15-8-5-9-16-32/h5-28,30H,4H2,1-3H3,(H,47,54)(H,48,53)(H,49,52)(H,50,51)/b38-27+. The molecule has 4 amide bonds. The van der Waals surface area contributed by atoms with Crippen LogP contribution in [0.25, 0.3) is 17.2 Å². The number of amides is 4. The smallest absolute Gasteiger partial charge is 0.341 e. The molecule has 4 N–H and O–H groups in total. The van der Waals surface area contributed by atoms with E-state index in [0.29, 0.717) is 33.0 Å². The first kappa shape index (κ1) is 40.9. The Bertz CT molecular complexity index is 2450. The van der Waals surface area contributed by atoms with Gasteiger partial charge in [0.05, 0.1) is 22.3 Å². The second-order valence-corrected chi connectivity index (χ2v) is 15.3. The average Bonchev–Trinajstić information content (AvgIpc) is 3.57. The number of ether oxygens (including phenoxy) is 1. The zero-order chi connectivity index (χ0) is 41.0. The highest BCUT2D eigenvalue weighted by molar-refractivity contribution is 8.00. The molecule has 5 aromatic carbocycles. The molecule has 12 heteroatoms. The van der Waals surface area contributed by atoms with Crippen molar-refractivity contribution in [1.82, 2.24) is 5.32 Å².